The number of carboxylic acids is 1. The van der Waals surface area contributed by atoms with Crippen LogP contribution >= 0.6 is 0 Å². The van der Waals surface area contributed by atoms with Gasteiger partial charge in [-0.2, -0.15) is 0 Å². The summed E-state index contributed by atoms with van der Waals surface area (Å²) in [5, 5.41) is 14.1. The molecule has 10 heteroatoms. The normalized spacial score (nSPS) is 17.9. The molecule has 2 aromatic heterocycles. The van der Waals surface area contributed by atoms with E-state index in [1.54, 1.807) is 4.90 Å². The molecule has 0 saturated carbocycles. The Morgan fingerprint density at radius 3 is 2.63 bits per heavy atom. The second-order valence-electron chi connectivity index (χ2n) is 11.4. The number of nitrogens with zero attached hydrogens (tertiary/aromatic N) is 3. The molecule has 3 aromatic rings. The lowest BCUT2D eigenvalue weighted by Crippen LogP contribution is -2.48. The van der Waals surface area contributed by atoms with E-state index < -0.39 is 14.0 Å². The van der Waals surface area contributed by atoms with Crippen LogP contribution in [0.2, 0.25) is 25.7 Å². The molecule has 204 valence electrons. The highest BCUT2D eigenvalue weighted by Gasteiger charge is 2.30. The largest absolute Gasteiger partial charge is 0.478 e. The number of carbonyl (C=O) groups excluding carboxylic acids is 1. The molecule has 4 rings (SSSR count). The van der Waals surface area contributed by atoms with Crippen molar-refractivity contribution in [3.8, 4) is 0 Å². The van der Waals surface area contributed by atoms with Crippen molar-refractivity contribution in [2.45, 2.75) is 58.4 Å². The maximum atomic E-state index is 12.8. The van der Waals surface area contributed by atoms with Crippen molar-refractivity contribution in [1.29, 1.82) is 0 Å². The number of hydrogen-bond donors (Lipinski definition) is 2. The zero-order valence-electron chi connectivity index (χ0n) is 22.6. The number of benzene rings is 1. The Labute approximate surface area is 224 Å². The van der Waals surface area contributed by atoms with Crippen molar-refractivity contribution in [3.05, 3.63) is 59.9 Å². The van der Waals surface area contributed by atoms with Crippen molar-refractivity contribution >= 4 is 36.9 Å². The Morgan fingerprint density at radius 2 is 1.92 bits per heavy atom. The zero-order chi connectivity index (χ0) is 27.3. The van der Waals surface area contributed by atoms with Crippen LogP contribution in [0.3, 0.4) is 0 Å². The summed E-state index contributed by atoms with van der Waals surface area (Å²) in [5.74, 6) is -0.829. The molecule has 2 atom stereocenters. The molecule has 38 heavy (non-hydrogen) atoms. The van der Waals surface area contributed by atoms with E-state index in [-0.39, 0.29) is 30.2 Å². The summed E-state index contributed by atoms with van der Waals surface area (Å²) >= 11 is 0. The summed E-state index contributed by atoms with van der Waals surface area (Å²) < 4.78 is 13.4. The number of ether oxygens (including phenoxy) is 2. The number of anilines is 1. The van der Waals surface area contributed by atoms with E-state index in [1.165, 1.54) is 6.20 Å². The average molecular weight is 539 g/mol. The summed E-state index contributed by atoms with van der Waals surface area (Å²) in [4.78, 5) is 31.1. The molecular weight excluding hydrogens is 500 g/mol. The number of piperidine rings is 1. The van der Waals surface area contributed by atoms with E-state index in [1.807, 2.05) is 47.2 Å². The van der Waals surface area contributed by atoms with Crippen molar-refractivity contribution in [1.82, 2.24) is 14.5 Å². The van der Waals surface area contributed by atoms with Crippen LogP contribution in [-0.4, -0.2) is 65.4 Å². The first kappa shape index (κ1) is 27.7. The third-order valence-corrected chi connectivity index (χ3v) is 8.42. The zero-order valence-corrected chi connectivity index (χ0v) is 23.6. The fraction of sp³-hybridized carbons (Fsp3) is 0.464. The Hall–Kier alpha value is -3.37. The van der Waals surface area contributed by atoms with E-state index >= 15 is 0 Å². The maximum Gasteiger partial charge on any atom is 0.410 e. The molecule has 0 radical (unpaired) electrons. The van der Waals surface area contributed by atoms with E-state index in [9.17, 15) is 14.7 Å². The highest BCUT2D eigenvalue weighted by Crippen LogP contribution is 2.30. The van der Waals surface area contributed by atoms with Crippen molar-refractivity contribution in [3.63, 3.8) is 0 Å². The van der Waals surface area contributed by atoms with Gasteiger partial charge < -0.3 is 29.4 Å². The van der Waals surface area contributed by atoms with Gasteiger partial charge in [0, 0.05) is 51.6 Å². The molecule has 0 aliphatic carbocycles. The van der Waals surface area contributed by atoms with E-state index in [0.717, 1.165) is 23.4 Å². The summed E-state index contributed by atoms with van der Waals surface area (Å²) in [7, 11) is -1.19. The number of aromatic carboxylic acids is 1. The van der Waals surface area contributed by atoms with E-state index in [4.69, 9.17) is 9.47 Å². The highest BCUT2D eigenvalue weighted by molar-refractivity contribution is 6.76. The molecule has 1 aliphatic rings. The molecule has 0 unspecified atom stereocenters. The van der Waals surface area contributed by atoms with Gasteiger partial charge >= 0.3 is 12.1 Å². The van der Waals surface area contributed by atoms with Crippen LogP contribution < -0.4 is 5.32 Å². The van der Waals surface area contributed by atoms with Crippen LogP contribution in [0.5, 0.6) is 0 Å². The monoisotopic (exact) mass is 538 g/mol. The van der Waals surface area contributed by atoms with Gasteiger partial charge in [-0.15, -0.1) is 0 Å². The molecule has 1 aliphatic heterocycles. The molecular formula is C28H38N4O5Si. The minimum Gasteiger partial charge on any atom is -0.478 e. The molecule has 1 fully saturated rings. The van der Waals surface area contributed by atoms with Crippen molar-refractivity contribution < 1.29 is 24.2 Å². The Morgan fingerprint density at radius 1 is 1.16 bits per heavy atom. The van der Waals surface area contributed by atoms with Crippen molar-refractivity contribution in [2.24, 2.45) is 5.92 Å². The smallest absolute Gasteiger partial charge is 0.410 e. The first-order valence-corrected chi connectivity index (χ1v) is 16.8. The van der Waals surface area contributed by atoms with Crippen molar-refractivity contribution in [2.75, 3.05) is 25.0 Å². The number of likely N-dealkylation sites (tertiary alicyclic amines) is 1. The lowest BCUT2D eigenvalue weighted by atomic mass is 9.95. The molecule has 1 aromatic carbocycles. The molecule has 2 N–H and O–H groups in total. The number of nitrogens with one attached hydrogen (secondary N) is 1. The van der Waals surface area contributed by atoms with Crippen LogP contribution in [0.15, 0.2) is 48.8 Å². The van der Waals surface area contributed by atoms with Gasteiger partial charge in [0.1, 0.15) is 24.5 Å². The SMILES string of the molecule is C[C@H]1C[C@@H](Nc2c(C(=O)O)cnc3c2ccn3COCC[Si](C)(C)C)CN(C(=O)OCc2ccccc2)C1. The van der Waals surface area contributed by atoms with Gasteiger partial charge in [0.2, 0.25) is 0 Å². The number of fused-ring (bicyclic) bond motifs is 1. The summed E-state index contributed by atoms with van der Waals surface area (Å²) in [6.45, 7) is 11.3. The second kappa shape index (κ2) is 12.0. The minimum atomic E-state index is -1.19. The molecule has 3 heterocycles. The third-order valence-electron chi connectivity index (χ3n) is 6.72. The summed E-state index contributed by atoms with van der Waals surface area (Å²) in [6, 6.07) is 12.4. The van der Waals surface area contributed by atoms with Gasteiger partial charge in [-0.3, -0.25) is 0 Å². The summed E-state index contributed by atoms with van der Waals surface area (Å²) in [5.41, 5.74) is 2.21. The Bertz CT molecular complexity index is 1260. The lowest BCUT2D eigenvalue weighted by Gasteiger charge is -2.36. The molecule has 1 amide bonds. The van der Waals surface area contributed by atoms with Gasteiger partial charge in [-0.25, -0.2) is 14.6 Å². The first-order valence-electron chi connectivity index (χ1n) is 13.1. The highest BCUT2D eigenvalue weighted by atomic mass is 28.3. The average Bonchev–Trinajstić information content (AvgIpc) is 3.28. The Balaban J connectivity index is 1.48. The third kappa shape index (κ3) is 7.14. The quantitative estimate of drug-likeness (QED) is 0.259. The van der Waals surface area contributed by atoms with Gasteiger partial charge in [0.15, 0.2) is 0 Å². The standard InChI is InChI=1S/C28H38N4O5Si/c1-20-14-22(17-32(16-20)28(35)37-18-21-8-6-5-7-9-21)30-25-23-10-11-31(19-36-12-13-38(2,3)4)26(23)29-15-24(25)27(33)34/h5-11,15,20,22H,12-14,16-19H2,1-4H3,(H,29,30)(H,33,34)/t20-,22+/m0/s1. The number of amides is 1. The minimum absolute atomic E-state index is 0.103. The molecule has 0 spiro atoms. The second-order valence-corrected chi connectivity index (χ2v) is 17.0. The van der Waals surface area contributed by atoms with Gasteiger partial charge in [0.25, 0.3) is 0 Å². The van der Waals surface area contributed by atoms with Gasteiger partial charge in [-0.05, 0) is 30.0 Å². The molecule has 9 nitrogen and oxygen atoms in total. The predicted molar refractivity (Wildman–Crippen MR) is 150 cm³/mol. The maximum absolute atomic E-state index is 12.8. The predicted octanol–water partition coefficient (Wildman–Crippen LogP) is 5.51. The van der Waals surface area contributed by atoms with E-state index in [2.05, 4.69) is 36.9 Å². The van der Waals surface area contributed by atoms with Crippen LogP contribution in [0.4, 0.5) is 10.5 Å². The fourth-order valence-corrected chi connectivity index (χ4v) is 5.48. The molecule has 0 bridgehead atoms. The lowest BCUT2D eigenvalue weighted by molar-refractivity contribution is 0.0695. The number of hydrogen-bond acceptors (Lipinski definition) is 6. The number of pyridine rings is 1. The van der Waals surface area contributed by atoms with Crippen LogP contribution in [0.25, 0.3) is 11.0 Å². The fourth-order valence-electron chi connectivity index (χ4n) is 4.72. The van der Waals surface area contributed by atoms with Crippen LogP contribution in [0, 0.1) is 5.92 Å². The number of carboxylic acid groups (broad SMARTS) is 1. The number of rotatable bonds is 10. The number of carbonyl (C=O) groups is 2. The van der Waals surface area contributed by atoms with Gasteiger partial charge in [0.05, 0.1) is 5.69 Å². The van der Waals surface area contributed by atoms with Crippen LogP contribution in [-0.2, 0) is 22.8 Å². The Kier molecular flexibility index (Phi) is 8.73. The number of aromatic nitrogens is 2. The molecule has 1 saturated heterocycles. The van der Waals surface area contributed by atoms with Crippen LogP contribution in [0.1, 0.15) is 29.3 Å². The first-order chi connectivity index (χ1) is 18.1. The summed E-state index contributed by atoms with van der Waals surface area (Å²) in [6.07, 6.45) is 3.70. The topological polar surface area (TPSA) is 106 Å². The van der Waals surface area contributed by atoms with Gasteiger partial charge in [-0.1, -0.05) is 56.9 Å². The van der Waals surface area contributed by atoms with E-state index in [0.29, 0.717) is 37.8 Å².